The summed E-state index contributed by atoms with van der Waals surface area (Å²) >= 11 is 0. The van der Waals surface area contributed by atoms with E-state index in [4.69, 9.17) is 0 Å². The van der Waals surface area contributed by atoms with Crippen molar-refractivity contribution in [2.75, 3.05) is 9.80 Å². The topological polar surface area (TPSA) is 6.48 Å². The Bertz CT molecular complexity index is 2820. The van der Waals surface area contributed by atoms with Gasteiger partial charge in [-0.3, -0.25) is 0 Å². The summed E-state index contributed by atoms with van der Waals surface area (Å²) in [6.45, 7) is 23.1. The fourth-order valence-corrected chi connectivity index (χ4v) is 10.7. The highest BCUT2D eigenvalue weighted by Gasteiger charge is 2.23. The molecule has 2 nitrogen and oxygen atoms in total. The zero-order chi connectivity index (χ0) is 50.8. The van der Waals surface area contributed by atoms with Crippen molar-refractivity contribution in [2.45, 2.75) is 170 Å². The van der Waals surface area contributed by atoms with E-state index in [0.717, 1.165) is 24.2 Å². The molecule has 0 unspecified atom stereocenters. The molecule has 0 saturated heterocycles. The molecule has 0 atom stereocenters. The van der Waals surface area contributed by atoms with E-state index in [0.29, 0.717) is 0 Å². The summed E-state index contributed by atoms with van der Waals surface area (Å²) in [6, 6.07) is 60.7. The van der Waals surface area contributed by atoms with E-state index in [1.165, 1.54) is 166 Å². The molecule has 0 N–H and O–H groups in total. The molecule has 8 aromatic carbocycles. The molecule has 72 heavy (non-hydrogen) atoms. The summed E-state index contributed by atoms with van der Waals surface area (Å²) in [5.74, 6) is 0. The van der Waals surface area contributed by atoms with Gasteiger partial charge in [0.1, 0.15) is 0 Å². The van der Waals surface area contributed by atoms with Crippen LogP contribution in [0.4, 0.5) is 34.1 Å². The Hall–Kier alpha value is -6.12. The average molecular weight is 953 g/mol. The monoisotopic (exact) mass is 953 g/mol. The molecule has 0 saturated carbocycles. The van der Waals surface area contributed by atoms with Crippen molar-refractivity contribution in [1.29, 1.82) is 0 Å². The maximum absolute atomic E-state index is 2.48. The zero-order valence-electron chi connectivity index (χ0n) is 45.8. The van der Waals surface area contributed by atoms with Gasteiger partial charge in [0.25, 0.3) is 0 Å². The minimum Gasteiger partial charge on any atom is -0.310 e. The number of benzene rings is 8. The molecule has 0 aliphatic rings. The van der Waals surface area contributed by atoms with E-state index in [1.54, 1.807) is 0 Å². The third-order valence-corrected chi connectivity index (χ3v) is 15.2. The van der Waals surface area contributed by atoms with Gasteiger partial charge in [0.15, 0.2) is 0 Å². The first-order valence-corrected chi connectivity index (χ1v) is 27.8. The van der Waals surface area contributed by atoms with Crippen LogP contribution in [0.3, 0.4) is 0 Å². The van der Waals surface area contributed by atoms with Crippen LogP contribution in [0.25, 0.3) is 32.7 Å². The summed E-state index contributed by atoms with van der Waals surface area (Å²) in [5.41, 5.74) is 17.7. The average Bonchev–Trinajstić information content (AvgIpc) is 3.37. The van der Waals surface area contributed by atoms with Gasteiger partial charge in [-0.1, -0.05) is 205 Å². The first-order chi connectivity index (χ1) is 34.7. The van der Waals surface area contributed by atoms with Crippen LogP contribution in [0.1, 0.15) is 166 Å². The van der Waals surface area contributed by atoms with Crippen LogP contribution in [-0.4, -0.2) is 0 Å². The van der Waals surface area contributed by atoms with Crippen LogP contribution in [0.2, 0.25) is 0 Å². The van der Waals surface area contributed by atoms with Gasteiger partial charge in [-0.25, -0.2) is 0 Å². The van der Waals surface area contributed by atoms with E-state index in [-0.39, 0.29) is 10.8 Å². The van der Waals surface area contributed by atoms with Gasteiger partial charge in [-0.05, 0) is 189 Å². The molecule has 0 aliphatic heterocycles. The Morgan fingerprint density at radius 2 is 0.667 bits per heavy atom. The number of rotatable bonds is 21. The van der Waals surface area contributed by atoms with Crippen molar-refractivity contribution in [1.82, 2.24) is 0 Å². The molecule has 0 aliphatic carbocycles. The van der Waals surface area contributed by atoms with E-state index in [9.17, 15) is 0 Å². The molecule has 8 rings (SSSR count). The van der Waals surface area contributed by atoms with Crippen LogP contribution < -0.4 is 9.80 Å². The maximum atomic E-state index is 2.48. The molecule has 8 aromatic rings. The molecule has 0 fully saturated rings. The van der Waals surface area contributed by atoms with Gasteiger partial charge in [0, 0.05) is 34.1 Å². The number of hydrogen-bond donors (Lipinski definition) is 0. The molecular formula is C70H84N2. The molecule has 0 spiro atoms. The highest BCUT2D eigenvalue weighted by Crippen LogP contribution is 2.45. The number of unbranched alkanes of at least 4 members (excludes halogenated alkanes) is 10. The second-order valence-electron chi connectivity index (χ2n) is 23.0. The van der Waals surface area contributed by atoms with Crippen LogP contribution >= 0.6 is 0 Å². The van der Waals surface area contributed by atoms with Crippen molar-refractivity contribution in [3.8, 4) is 11.1 Å². The zero-order valence-corrected chi connectivity index (χ0v) is 45.8. The molecule has 0 heterocycles. The van der Waals surface area contributed by atoms with Gasteiger partial charge in [-0.15, -0.1) is 0 Å². The Morgan fingerprint density at radius 3 is 1.04 bits per heavy atom. The molecular weight excluding hydrogens is 869 g/mol. The predicted molar refractivity (Wildman–Crippen MR) is 317 cm³/mol. The first kappa shape index (κ1) is 52.2. The summed E-state index contributed by atoms with van der Waals surface area (Å²) < 4.78 is 0. The van der Waals surface area contributed by atoms with Gasteiger partial charge < -0.3 is 9.80 Å². The van der Waals surface area contributed by atoms with Crippen LogP contribution in [0.5, 0.6) is 0 Å². The Labute approximate surface area is 435 Å². The number of anilines is 6. The lowest BCUT2D eigenvalue weighted by atomic mass is 9.86. The standard InChI is InChI=1S/C70H84N2/c1-11-13-15-17-19-21-25-53-33-41-59(42-34-53)71(61-29-23-27-57(47-61)69(5,6)7)63-45-39-55-37-31-51(3)67(65(55)49-63)68-52(4)32-38-56-40-46-64(50-66(56)68)72(62-30-24-28-58(48-62)70(8,9)10)60-43-35-54(36-44-60)26-22-20-18-16-14-12-2/h23-24,27-50H,11-22,25-26H2,1-10H3. The van der Waals surface area contributed by atoms with Crippen LogP contribution in [0, 0.1) is 13.8 Å². The molecule has 2 heteroatoms. The summed E-state index contributed by atoms with van der Waals surface area (Å²) in [4.78, 5) is 4.96. The summed E-state index contributed by atoms with van der Waals surface area (Å²) in [7, 11) is 0. The van der Waals surface area contributed by atoms with Crippen molar-refractivity contribution >= 4 is 55.7 Å². The number of hydrogen-bond acceptors (Lipinski definition) is 2. The Kier molecular flexibility index (Phi) is 17.1. The third kappa shape index (κ3) is 12.5. The smallest absolute Gasteiger partial charge is 0.0468 e. The molecule has 0 aromatic heterocycles. The highest BCUT2D eigenvalue weighted by molar-refractivity contribution is 6.09. The Morgan fingerprint density at radius 1 is 0.333 bits per heavy atom. The minimum atomic E-state index is 0.0166. The second kappa shape index (κ2) is 23.6. The number of nitrogens with zero attached hydrogens (tertiary/aromatic N) is 2. The SMILES string of the molecule is CCCCCCCCc1ccc(N(c2cccc(C(C)(C)C)c2)c2ccc3ccc(C)c(-c4c(C)ccc5ccc(N(c6ccc(CCCCCCCC)cc6)c6cccc(C(C)(C)C)c6)cc45)c3c2)cc1. The second-order valence-corrected chi connectivity index (χ2v) is 23.0. The van der Waals surface area contributed by atoms with E-state index in [1.807, 2.05) is 0 Å². The van der Waals surface area contributed by atoms with Gasteiger partial charge in [0.05, 0.1) is 0 Å². The van der Waals surface area contributed by atoms with Crippen molar-refractivity contribution < 1.29 is 0 Å². The third-order valence-electron chi connectivity index (χ3n) is 15.2. The first-order valence-electron chi connectivity index (χ1n) is 27.8. The van der Waals surface area contributed by atoms with Gasteiger partial charge in [-0.2, -0.15) is 0 Å². The number of aryl methyl sites for hydroxylation is 4. The lowest BCUT2D eigenvalue weighted by Crippen LogP contribution is -2.14. The lowest BCUT2D eigenvalue weighted by Gasteiger charge is -2.29. The minimum absolute atomic E-state index is 0.0166. The van der Waals surface area contributed by atoms with E-state index < -0.39 is 0 Å². The summed E-state index contributed by atoms with van der Waals surface area (Å²) in [6.07, 6.45) is 18.0. The number of fused-ring (bicyclic) bond motifs is 2. The van der Waals surface area contributed by atoms with Crippen molar-refractivity contribution in [3.05, 3.63) is 191 Å². The van der Waals surface area contributed by atoms with Crippen LogP contribution in [0.15, 0.2) is 158 Å². The fraction of sp³-hybridized carbons (Fsp3) is 0.371. The fourth-order valence-electron chi connectivity index (χ4n) is 10.7. The molecule has 374 valence electrons. The largest absolute Gasteiger partial charge is 0.310 e. The summed E-state index contributed by atoms with van der Waals surface area (Å²) in [5, 5.41) is 5.01. The maximum Gasteiger partial charge on any atom is 0.0468 e. The quantitative estimate of drug-likeness (QED) is 0.0662. The van der Waals surface area contributed by atoms with Crippen molar-refractivity contribution in [2.24, 2.45) is 0 Å². The van der Waals surface area contributed by atoms with Crippen molar-refractivity contribution in [3.63, 3.8) is 0 Å². The Balaban J connectivity index is 1.23. The predicted octanol–water partition coefficient (Wildman–Crippen LogP) is 21.6. The highest BCUT2D eigenvalue weighted by atomic mass is 15.1. The lowest BCUT2D eigenvalue weighted by molar-refractivity contribution is 0.590. The molecule has 0 bridgehead atoms. The van der Waals surface area contributed by atoms with E-state index >= 15 is 0 Å². The van der Waals surface area contributed by atoms with Gasteiger partial charge >= 0.3 is 0 Å². The molecule has 0 amide bonds. The van der Waals surface area contributed by atoms with Crippen LogP contribution in [-0.2, 0) is 23.7 Å². The molecule has 0 radical (unpaired) electrons. The van der Waals surface area contributed by atoms with E-state index in [2.05, 4.69) is 237 Å². The normalized spacial score (nSPS) is 12.0. The van der Waals surface area contributed by atoms with Gasteiger partial charge in [0.2, 0.25) is 0 Å².